The number of H-pyrrole nitrogens is 1. The van der Waals surface area contributed by atoms with Gasteiger partial charge in [0.1, 0.15) is 4.64 Å². The van der Waals surface area contributed by atoms with Crippen LogP contribution in [-0.2, 0) is 6.42 Å². The fourth-order valence-electron chi connectivity index (χ4n) is 2.13. The Balaban J connectivity index is 2.27. The number of aromatic amines is 1. The molecule has 4 heteroatoms. The average Bonchev–Trinajstić information content (AvgIpc) is 2.47. The van der Waals surface area contributed by atoms with Crippen LogP contribution in [0.5, 0.6) is 5.88 Å². The fraction of sp³-hybridized carbons (Fsp3) is 0.154. The zero-order valence-corrected chi connectivity index (χ0v) is 10.0. The van der Waals surface area contributed by atoms with Gasteiger partial charge in [-0.1, -0.05) is 18.3 Å². The summed E-state index contributed by atoms with van der Waals surface area (Å²) < 4.78 is 6.37. The van der Waals surface area contributed by atoms with E-state index in [9.17, 15) is 0 Å². The zero-order chi connectivity index (χ0) is 11.8. The normalized spacial score (nSPS) is 13.2. The van der Waals surface area contributed by atoms with E-state index in [2.05, 4.69) is 4.98 Å². The molecule has 0 fully saturated rings. The number of hydrogen-bond donors (Lipinski definition) is 2. The highest BCUT2D eigenvalue weighted by molar-refractivity contribution is 7.71. The highest BCUT2D eigenvalue weighted by atomic mass is 32.1. The number of pyridine rings is 1. The second-order valence-electron chi connectivity index (χ2n) is 4.08. The smallest absolute Gasteiger partial charge is 0.199 e. The molecule has 2 heterocycles. The minimum absolute atomic E-state index is 0.638. The van der Waals surface area contributed by atoms with Crippen molar-refractivity contribution in [1.29, 1.82) is 0 Å². The molecule has 3 N–H and O–H groups in total. The highest BCUT2D eigenvalue weighted by Crippen LogP contribution is 2.34. The van der Waals surface area contributed by atoms with E-state index in [1.54, 1.807) is 0 Å². The molecular formula is C13H12N2OS. The predicted molar refractivity (Wildman–Crippen MR) is 70.7 cm³/mol. The Morgan fingerprint density at radius 2 is 2.00 bits per heavy atom. The van der Waals surface area contributed by atoms with E-state index in [4.69, 9.17) is 22.7 Å². The number of benzene rings is 1. The second-order valence-corrected chi connectivity index (χ2v) is 4.52. The number of anilines is 1. The van der Waals surface area contributed by atoms with Crippen molar-refractivity contribution in [3.05, 3.63) is 40.5 Å². The molecule has 0 saturated carbocycles. The van der Waals surface area contributed by atoms with Crippen LogP contribution < -0.4 is 10.5 Å². The first-order chi connectivity index (χ1) is 8.24. The summed E-state index contributed by atoms with van der Waals surface area (Å²) >= 11 is 5.11. The molecule has 0 aliphatic carbocycles. The first kappa shape index (κ1) is 10.4. The van der Waals surface area contributed by atoms with Crippen LogP contribution in [-0.4, -0.2) is 11.6 Å². The van der Waals surface area contributed by atoms with E-state index < -0.39 is 0 Å². The van der Waals surface area contributed by atoms with E-state index in [1.165, 1.54) is 5.56 Å². The number of nitrogen functional groups attached to an aromatic ring is 1. The van der Waals surface area contributed by atoms with Crippen LogP contribution >= 0.6 is 12.2 Å². The molecule has 86 valence electrons. The fourth-order valence-corrected chi connectivity index (χ4v) is 2.29. The van der Waals surface area contributed by atoms with Crippen LogP contribution in [0.15, 0.2) is 30.3 Å². The van der Waals surface area contributed by atoms with Crippen LogP contribution in [0.4, 0.5) is 5.69 Å². The van der Waals surface area contributed by atoms with Gasteiger partial charge in [-0.05, 0) is 35.4 Å². The number of nitrogens with two attached hydrogens (primary N) is 1. The third kappa shape index (κ3) is 1.80. The number of nitrogens with one attached hydrogen (secondary N) is 1. The summed E-state index contributed by atoms with van der Waals surface area (Å²) in [7, 11) is 0. The van der Waals surface area contributed by atoms with Gasteiger partial charge in [-0.15, -0.1) is 0 Å². The highest BCUT2D eigenvalue weighted by Gasteiger charge is 2.15. The summed E-state index contributed by atoms with van der Waals surface area (Å²) in [6.07, 6.45) is 0.857. The van der Waals surface area contributed by atoms with E-state index in [0.29, 0.717) is 11.2 Å². The Bertz CT molecular complexity index is 634. The summed E-state index contributed by atoms with van der Waals surface area (Å²) in [4.78, 5) is 3.08. The summed E-state index contributed by atoms with van der Waals surface area (Å²) in [5.74, 6) is 0.751. The molecule has 17 heavy (non-hydrogen) atoms. The minimum atomic E-state index is 0.638. The molecule has 2 aromatic rings. The molecule has 1 aliphatic rings. The number of aromatic nitrogens is 1. The van der Waals surface area contributed by atoms with E-state index in [1.807, 2.05) is 30.3 Å². The molecule has 0 atom stereocenters. The maximum Gasteiger partial charge on any atom is 0.199 e. The quantitative estimate of drug-likeness (QED) is 0.553. The van der Waals surface area contributed by atoms with E-state index in [0.717, 1.165) is 29.1 Å². The summed E-state index contributed by atoms with van der Waals surface area (Å²) in [6.45, 7) is 0.638. The van der Waals surface area contributed by atoms with Gasteiger partial charge in [-0.3, -0.25) is 0 Å². The van der Waals surface area contributed by atoms with Crippen molar-refractivity contribution in [1.82, 2.24) is 4.98 Å². The Morgan fingerprint density at radius 1 is 1.18 bits per heavy atom. The van der Waals surface area contributed by atoms with Crippen molar-refractivity contribution in [2.45, 2.75) is 6.42 Å². The van der Waals surface area contributed by atoms with Crippen LogP contribution in [0.25, 0.3) is 11.1 Å². The predicted octanol–water partition coefficient (Wildman–Crippen LogP) is 2.93. The van der Waals surface area contributed by atoms with Gasteiger partial charge in [-0.2, -0.15) is 0 Å². The molecule has 1 aromatic heterocycles. The van der Waals surface area contributed by atoms with Gasteiger partial charge in [0.25, 0.3) is 0 Å². The van der Waals surface area contributed by atoms with Gasteiger partial charge in [0.05, 0.1) is 6.61 Å². The number of ether oxygens (including phenoxy) is 1. The van der Waals surface area contributed by atoms with Crippen molar-refractivity contribution >= 4 is 17.9 Å². The van der Waals surface area contributed by atoms with Crippen molar-refractivity contribution in [3.8, 4) is 17.0 Å². The molecule has 1 aromatic carbocycles. The van der Waals surface area contributed by atoms with Crippen LogP contribution in [0.1, 0.15) is 5.56 Å². The van der Waals surface area contributed by atoms with Gasteiger partial charge in [0, 0.05) is 17.7 Å². The topological polar surface area (TPSA) is 51.0 Å². The summed E-state index contributed by atoms with van der Waals surface area (Å²) in [5, 5.41) is 0. The lowest BCUT2D eigenvalue weighted by Gasteiger charge is -2.08. The first-order valence-electron chi connectivity index (χ1n) is 5.49. The molecule has 1 aliphatic heterocycles. The Morgan fingerprint density at radius 3 is 2.88 bits per heavy atom. The molecule has 0 unspecified atom stereocenters. The molecule has 0 bridgehead atoms. The largest absolute Gasteiger partial charge is 0.478 e. The van der Waals surface area contributed by atoms with Crippen LogP contribution in [0.3, 0.4) is 0 Å². The number of rotatable bonds is 0. The van der Waals surface area contributed by atoms with Gasteiger partial charge in [0.2, 0.25) is 0 Å². The Labute approximate surface area is 104 Å². The number of hydrogen-bond acceptors (Lipinski definition) is 3. The lowest BCUT2D eigenvalue weighted by atomic mass is 9.99. The monoisotopic (exact) mass is 244 g/mol. The van der Waals surface area contributed by atoms with Gasteiger partial charge in [0.15, 0.2) is 5.88 Å². The lowest BCUT2D eigenvalue weighted by molar-refractivity contribution is 0.314. The third-order valence-electron chi connectivity index (χ3n) is 2.92. The number of fused-ring (bicyclic) bond motifs is 3. The minimum Gasteiger partial charge on any atom is -0.478 e. The maximum absolute atomic E-state index is 5.81. The lowest BCUT2D eigenvalue weighted by Crippen LogP contribution is -2.00. The molecule has 0 amide bonds. The third-order valence-corrected chi connectivity index (χ3v) is 3.16. The van der Waals surface area contributed by atoms with Gasteiger partial charge < -0.3 is 15.5 Å². The van der Waals surface area contributed by atoms with Crippen molar-refractivity contribution < 1.29 is 4.74 Å². The summed E-state index contributed by atoms with van der Waals surface area (Å²) in [6, 6.07) is 9.83. The van der Waals surface area contributed by atoms with Crippen LogP contribution in [0, 0.1) is 4.64 Å². The molecule has 0 saturated heterocycles. The molecule has 3 rings (SSSR count). The average molecular weight is 244 g/mol. The van der Waals surface area contributed by atoms with E-state index >= 15 is 0 Å². The van der Waals surface area contributed by atoms with Gasteiger partial charge >= 0.3 is 0 Å². The van der Waals surface area contributed by atoms with Crippen molar-refractivity contribution in [3.63, 3.8) is 0 Å². The van der Waals surface area contributed by atoms with Crippen molar-refractivity contribution in [2.24, 2.45) is 0 Å². The molecular weight excluding hydrogens is 232 g/mol. The van der Waals surface area contributed by atoms with E-state index in [-0.39, 0.29) is 0 Å². The Kier molecular flexibility index (Phi) is 2.37. The second kappa shape index (κ2) is 3.89. The zero-order valence-electron chi connectivity index (χ0n) is 9.19. The van der Waals surface area contributed by atoms with Crippen LogP contribution in [0.2, 0.25) is 0 Å². The SMILES string of the molecule is Nc1ccc2c(c1)CCOc1[nH]c(=S)ccc1-2. The first-order valence-corrected chi connectivity index (χ1v) is 5.90. The molecule has 3 nitrogen and oxygen atoms in total. The van der Waals surface area contributed by atoms with Crippen molar-refractivity contribution in [2.75, 3.05) is 12.3 Å². The standard InChI is InChI=1S/C13H12N2OS/c14-9-1-2-10-8(7-9)5-6-16-13-11(10)3-4-12(17)15-13/h1-4,7H,5-6,14H2,(H,15,17). The maximum atomic E-state index is 5.81. The molecule has 0 radical (unpaired) electrons. The van der Waals surface area contributed by atoms with Gasteiger partial charge in [-0.25, -0.2) is 0 Å². The Hall–Kier alpha value is -1.81. The summed E-state index contributed by atoms with van der Waals surface area (Å²) in [5.41, 5.74) is 10.0. The molecule has 0 spiro atoms.